The highest BCUT2D eigenvalue weighted by molar-refractivity contribution is 5.94. The number of amides is 1. The van der Waals surface area contributed by atoms with Gasteiger partial charge in [-0.05, 0) is 58.0 Å². The second-order valence-corrected chi connectivity index (χ2v) is 4.72. The summed E-state index contributed by atoms with van der Waals surface area (Å²) in [6, 6.07) is 7.30. The highest BCUT2D eigenvalue weighted by atomic mass is 16.5. The lowest BCUT2D eigenvalue weighted by Crippen LogP contribution is -2.32. The number of benzene rings is 1. The molecular weight excluding hydrogens is 240 g/mol. The SMILES string of the molecule is CCN(CCCN)C(=O)c1ccc(OC(C)C)cc1. The maximum absolute atomic E-state index is 12.3. The molecule has 0 saturated heterocycles. The lowest BCUT2D eigenvalue weighted by atomic mass is 10.2. The summed E-state index contributed by atoms with van der Waals surface area (Å²) in [6.07, 6.45) is 0.965. The van der Waals surface area contributed by atoms with Crippen molar-refractivity contribution in [3.63, 3.8) is 0 Å². The van der Waals surface area contributed by atoms with Crippen molar-refractivity contribution in [1.29, 1.82) is 0 Å². The van der Waals surface area contributed by atoms with Gasteiger partial charge in [0.15, 0.2) is 0 Å². The highest BCUT2D eigenvalue weighted by Crippen LogP contribution is 2.15. The first kappa shape index (κ1) is 15.5. The van der Waals surface area contributed by atoms with Crippen LogP contribution in [-0.2, 0) is 0 Å². The predicted molar refractivity (Wildman–Crippen MR) is 77.5 cm³/mol. The normalized spacial score (nSPS) is 10.6. The average molecular weight is 264 g/mol. The van der Waals surface area contributed by atoms with Gasteiger partial charge in [0, 0.05) is 18.7 Å². The minimum absolute atomic E-state index is 0.0482. The molecule has 0 spiro atoms. The Balaban J connectivity index is 2.70. The average Bonchev–Trinajstić information content (AvgIpc) is 2.39. The molecule has 4 nitrogen and oxygen atoms in total. The molecule has 0 fully saturated rings. The number of rotatable bonds is 7. The summed E-state index contributed by atoms with van der Waals surface area (Å²) in [5, 5.41) is 0. The smallest absolute Gasteiger partial charge is 0.253 e. The molecule has 0 atom stereocenters. The van der Waals surface area contributed by atoms with E-state index in [-0.39, 0.29) is 12.0 Å². The van der Waals surface area contributed by atoms with Crippen LogP contribution in [0, 0.1) is 0 Å². The van der Waals surface area contributed by atoms with E-state index in [4.69, 9.17) is 10.5 Å². The summed E-state index contributed by atoms with van der Waals surface area (Å²) in [4.78, 5) is 14.1. The minimum Gasteiger partial charge on any atom is -0.491 e. The summed E-state index contributed by atoms with van der Waals surface area (Å²) >= 11 is 0. The monoisotopic (exact) mass is 264 g/mol. The largest absolute Gasteiger partial charge is 0.491 e. The number of hydrogen-bond acceptors (Lipinski definition) is 3. The second kappa shape index (κ2) is 7.79. The molecule has 106 valence electrons. The van der Waals surface area contributed by atoms with Gasteiger partial charge in [0.2, 0.25) is 0 Å². The fourth-order valence-corrected chi connectivity index (χ4v) is 1.82. The number of carbonyl (C=O) groups excluding carboxylic acids is 1. The topological polar surface area (TPSA) is 55.6 Å². The van der Waals surface area contributed by atoms with Crippen molar-refractivity contribution in [3.05, 3.63) is 29.8 Å². The Morgan fingerprint density at radius 2 is 1.95 bits per heavy atom. The first-order valence-corrected chi connectivity index (χ1v) is 6.84. The van der Waals surface area contributed by atoms with Crippen molar-refractivity contribution >= 4 is 5.91 Å². The Morgan fingerprint density at radius 1 is 1.32 bits per heavy atom. The van der Waals surface area contributed by atoms with Gasteiger partial charge in [-0.15, -0.1) is 0 Å². The van der Waals surface area contributed by atoms with E-state index in [2.05, 4.69) is 0 Å². The van der Waals surface area contributed by atoms with Gasteiger partial charge < -0.3 is 15.4 Å². The molecule has 4 heteroatoms. The molecule has 1 aromatic rings. The molecule has 0 aromatic heterocycles. The Bertz CT molecular complexity index is 388. The van der Waals surface area contributed by atoms with E-state index < -0.39 is 0 Å². The van der Waals surface area contributed by atoms with E-state index in [1.165, 1.54) is 0 Å². The lowest BCUT2D eigenvalue weighted by molar-refractivity contribution is 0.0763. The van der Waals surface area contributed by atoms with Gasteiger partial charge >= 0.3 is 0 Å². The van der Waals surface area contributed by atoms with Crippen LogP contribution in [0.4, 0.5) is 0 Å². The molecule has 1 amide bonds. The van der Waals surface area contributed by atoms with E-state index in [0.29, 0.717) is 25.2 Å². The molecule has 2 N–H and O–H groups in total. The summed E-state index contributed by atoms with van der Waals surface area (Å²) in [7, 11) is 0. The zero-order chi connectivity index (χ0) is 14.3. The Morgan fingerprint density at radius 3 is 2.42 bits per heavy atom. The third kappa shape index (κ3) is 4.91. The summed E-state index contributed by atoms with van der Waals surface area (Å²) in [5.74, 6) is 0.837. The number of nitrogens with two attached hydrogens (primary N) is 1. The van der Waals surface area contributed by atoms with Crippen molar-refractivity contribution in [2.75, 3.05) is 19.6 Å². The van der Waals surface area contributed by atoms with Gasteiger partial charge in [-0.25, -0.2) is 0 Å². The minimum atomic E-state index is 0.0482. The van der Waals surface area contributed by atoms with Gasteiger partial charge in [0.1, 0.15) is 5.75 Å². The molecule has 0 aliphatic heterocycles. The van der Waals surface area contributed by atoms with E-state index in [9.17, 15) is 4.79 Å². The third-order valence-electron chi connectivity index (χ3n) is 2.77. The van der Waals surface area contributed by atoms with E-state index in [1.54, 1.807) is 0 Å². The molecule has 0 radical (unpaired) electrons. The van der Waals surface area contributed by atoms with Crippen LogP contribution in [0.5, 0.6) is 5.75 Å². The standard InChI is InChI=1S/C15H24N2O2/c1-4-17(11-5-10-16)15(18)13-6-8-14(9-7-13)19-12(2)3/h6-9,12H,4-5,10-11,16H2,1-3H3. The summed E-state index contributed by atoms with van der Waals surface area (Å²) in [5.41, 5.74) is 6.17. The van der Waals surface area contributed by atoms with Crippen LogP contribution in [-0.4, -0.2) is 36.5 Å². The Labute approximate surface area is 115 Å². The zero-order valence-electron chi connectivity index (χ0n) is 12.1. The molecule has 0 aliphatic rings. The molecule has 0 aliphatic carbocycles. The van der Waals surface area contributed by atoms with Crippen molar-refractivity contribution in [2.24, 2.45) is 5.73 Å². The van der Waals surface area contributed by atoms with E-state index in [0.717, 1.165) is 12.2 Å². The molecule has 1 rings (SSSR count). The number of ether oxygens (including phenoxy) is 1. The van der Waals surface area contributed by atoms with Crippen LogP contribution >= 0.6 is 0 Å². The Kier molecular flexibility index (Phi) is 6.36. The lowest BCUT2D eigenvalue weighted by Gasteiger charge is -2.20. The van der Waals surface area contributed by atoms with Gasteiger partial charge in [0.25, 0.3) is 5.91 Å². The quantitative estimate of drug-likeness (QED) is 0.822. The molecule has 19 heavy (non-hydrogen) atoms. The van der Waals surface area contributed by atoms with Crippen molar-refractivity contribution in [1.82, 2.24) is 4.90 Å². The fourth-order valence-electron chi connectivity index (χ4n) is 1.82. The van der Waals surface area contributed by atoms with Crippen molar-refractivity contribution in [3.8, 4) is 5.75 Å². The molecule has 1 aromatic carbocycles. The van der Waals surface area contributed by atoms with Crippen LogP contribution in [0.3, 0.4) is 0 Å². The van der Waals surface area contributed by atoms with Crippen molar-refractivity contribution < 1.29 is 9.53 Å². The third-order valence-corrected chi connectivity index (χ3v) is 2.77. The Hall–Kier alpha value is -1.55. The predicted octanol–water partition coefficient (Wildman–Crippen LogP) is 2.28. The molecule has 0 saturated carbocycles. The maximum Gasteiger partial charge on any atom is 0.253 e. The van der Waals surface area contributed by atoms with Crippen LogP contribution in [0.2, 0.25) is 0 Å². The van der Waals surface area contributed by atoms with Crippen LogP contribution in [0.15, 0.2) is 24.3 Å². The van der Waals surface area contributed by atoms with Crippen molar-refractivity contribution in [2.45, 2.75) is 33.3 Å². The number of hydrogen-bond donors (Lipinski definition) is 1. The summed E-state index contributed by atoms with van der Waals surface area (Å²) in [6.45, 7) is 7.93. The maximum atomic E-state index is 12.3. The van der Waals surface area contributed by atoms with Gasteiger partial charge in [0.05, 0.1) is 6.10 Å². The van der Waals surface area contributed by atoms with E-state index >= 15 is 0 Å². The molecule has 0 unspecified atom stereocenters. The van der Waals surface area contributed by atoms with Gasteiger partial charge in [-0.1, -0.05) is 0 Å². The number of carbonyl (C=O) groups is 1. The van der Waals surface area contributed by atoms with Crippen LogP contribution < -0.4 is 10.5 Å². The molecule has 0 bridgehead atoms. The second-order valence-electron chi connectivity index (χ2n) is 4.72. The highest BCUT2D eigenvalue weighted by Gasteiger charge is 2.13. The van der Waals surface area contributed by atoms with Gasteiger partial charge in [-0.2, -0.15) is 0 Å². The van der Waals surface area contributed by atoms with Crippen LogP contribution in [0.1, 0.15) is 37.6 Å². The van der Waals surface area contributed by atoms with Crippen LogP contribution in [0.25, 0.3) is 0 Å². The first-order chi connectivity index (χ1) is 9.08. The fraction of sp³-hybridized carbons (Fsp3) is 0.533. The van der Waals surface area contributed by atoms with Gasteiger partial charge in [-0.3, -0.25) is 4.79 Å². The van der Waals surface area contributed by atoms with E-state index in [1.807, 2.05) is 49.9 Å². The zero-order valence-corrected chi connectivity index (χ0v) is 12.1. The molecular formula is C15H24N2O2. The summed E-state index contributed by atoms with van der Waals surface area (Å²) < 4.78 is 5.56. The first-order valence-electron chi connectivity index (χ1n) is 6.84. The number of nitrogens with zero attached hydrogens (tertiary/aromatic N) is 1. The molecule has 0 heterocycles.